The summed E-state index contributed by atoms with van der Waals surface area (Å²) < 4.78 is 0. The second-order valence-electron chi connectivity index (χ2n) is 3.45. The Labute approximate surface area is 114 Å². The maximum Gasteiger partial charge on any atom is 0.153 e. The number of nitrogens with one attached hydrogen (secondary N) is 1. The van der Waals surface area contributed by atoms with Crippen LogP contribution >= 0.6 is 34.8 Å². The number of hydrogen-bond acceptors (Lipinski definition) is 3. The molecular weight excluding hydrogens is 281 g/mol. The second-order valence-corrected chi connectivity index (χ2v) is 4.65. The van der Waals surface area contributed by atoms with Crippen molar-refractivity contribution in [2.75, 3.05) is 5.32 Å². The molecule has 0 fully saturated rings. The Bertz CT molecular complexity index is 540. The van der Waals surface area contributed by atoms with Crippen LogP contribution in [0.2, 0.25) is 15.2 Å². The number of benzene rings is 1. The summed E-state index contributed by atoms with van der Waals surface area (Å²) in [6, 6.07) is 6.88. The van der Waals surface area contributed by atoms with Gasteiger partial charge in [0.2, 0.25) is 0 Å². The lowest BCUT2D eigenvalue weighted by molar-refractivity contribution is 1.04. The average Bonchev–Trinajstić information content (AvgIpc) is 2.29. The summed E-state index contributed by atoms with van der Waals surface area (Å²) in [5.74, 6) is 0.552. The van der Waals surface area contributed by atoms with E-state index in [-0.39, 0.29) is 0 Å². The third kappa shape index (κ3) is 3.00. The number of hydrogen-bond donors (Lipinski definition) is 1. The van der Waals surface area contributed by atoms with E-state index < -0.39 is 0 Å². The van der Waals surface area contributed by atoms with Crippen LogP contribution in [-0.2, 0) is 0 Å². The largest absolute Gasteiger partial charge is 0.337 e. The molecule has 1 aromatic heterocycles. The van der Waals surface area contributed by atoms with E-state index in [2.05, 4.69) is 15.5 Å². The molecular formula is C11H8Cl3N3. The molecule has 1 aromatic carbocycles. The summed E-state index contributed by atoms with van der Waals surface area (Å²) >= 11 is 17.8. The predicted molar refractivity (Wildman–Crippen MR) is 71.5 cm³/mol. The van der Waals surface area contributed by atoms with Crippen molar-refractivity contribution in [1.29, 1.82) is 0 Å². The van der Waals surface area contributed by atoms with E-state index in [9.17, 15) is 0 Å². The molecule has 0 bridgehead atoms. The van der Waals surface area contributed by atoms with Crippen LogP contribution in [0.1, 0.15) is 5.56 Å². The standard InChI is InChI=1S/C11H8Cl3N3/c1-6-4-8(13)9(5-7(6)12)15-11-3-2-10(14)16-17-11/h2-5H,1H3,(H,15,17). The Kier molecular flexibility index (Phi) is 3.72. The lowest BCUT2D eigenvalue weighted by Gasteiger charge is -2.09. The van der Waals surface area contributed by atoms with Gasteiger partial charge in [-0.3, -0.25) is 0 Å². The second kappa shape index (κ2) is 5.08. The van der Waals surface area contributed by atoms with Gasteiger partial charge >= 0.3 is 0 Å². The van der Waals surface area contributed by atoms with Gasteiger partial charge in [0.15, 0.2) is 11.0 Å². The molecule has 6 heteroatoms. The highest BCUT2D eigenvalue weighted by atomic mass is 35.5. The highest BCUT2D eigenvalue weighted by molar-refractivity contribution is 6.35. The smallest absolute Gasteiger partial charge is 0.153 e. The van der Waals surface area contributed by atoms with Gasteiger partial charge in [0, 0.05) is 5.02 Å². The Morgan fingerprint density at radius 1 is 1.00 bits per heavy atom. The van der Waals surface area contributed by atoms with Gasteiger partial charge in [-0.1, -0.05) is 34.8 Å². The van der Waals surface area contributed by atoms with Gasteiger partial charge < -0.3 is 5.32 Å². The van der Waals surface area contributed by atoms with Gasteiger partial charge in [-0.05, 0) is 36.8 Å². The molecule has 0 saturated heterocycles. The van der Waals surface area contributed by atoms with Crippen molar-refractivity contribution in [2.45, 2.75) is 6.92 Å². The molecule has 0 amide bonds. The van der Waals surface area contributed by atoms with Crippen LogP contribution in [0.4, 0.5) is 11.5 Å². The van der Waals surface area contributed by atoms with E-state index in [0.29, 0.717) is 26.7 Å². The molecule has 0 aliphatic rings. The van der Waals surface area contributed by atoms with Crippen molar-refractivity contribution in [1.82, 2.24) is 10.2 Å². The lowest BCUT2D eigenvalue weighted by Crippen LogP contribution is -1.96. The third-order valence-electron chi connectivity index (χ3n) is 2.14. The Balaban J connectivity index is 2.30. The van der Waals surface area contributed by atoms with Crippen LogP contribution in [0.3, 0.4) is 0 Å². The summed E-state index contributed by atoms with van der Waals surface area (Å²) in [4.78, 5) is 0. The summed E-state index contributed by atoms with van der Waals surface area (Å²) in [6.45, 7) is 1.89. The molecule has 0 spiro atoms. The molecule has 88 valence electrons. The first kappa shape index (κ1) is 12.4. The van der Waals surface area contributed by atoms with Gasteiger partial charge in [-0.25, -0.2) is 0 Å². The molecule has 17 heavy (non-hydrogen) atoms. The summed E-state index contributed by atoms with van der Waals surface area (Å²) in [7, 11) is 0. The topological polar surface area (TPSA) is 37.8 Å². The van der Waals surface area contributed by atoms with Crippen LogP contribution in [0.25, 0.3) is 0 Å². The van der Waals surface area contributed by atoms with Crippen molar-refractivity contribution >= 4 is 46.3 Å². The van der Waals surface area contributed by atoms with Crippen LogP contribution in [-0.4, -0.2) is 10.2 Å². The summed E-state index contributed by atoms with van der Waals surface area (Å²) in [6.07, 6.45) is 0. The van der Waals surface area contributed by atoms with Crippen LogP contribution in [0.5, 0.6) is 0 Å². The first-order valence-corrected chi connectivity index (χ1v) is 5.91. The van der Waals surface area contributed by atoms with Crippen molar-refractivity contribution in [3.05, 3.63) is 45.0 Å². The van der Waals surface area contributed by atoms with E-state index in [1.165, 1.54) is 0 Å². The highest BCUT2D eigenvalue weighted by Crippen LogP contribution is 2.30. The van der Waals surface area contributed by atoms with Crippen molar-refractivity contribution in [3.63, 3.8) is 0 Å². The fourth-order valence-corrected chi connectivity index (χ4v) is 1.79. The van der Waals surface area contributed by atoms with E-state index in [1.807, 2.05) is 6.92 Å². The molecule has 1 heterocycles. The summed E-state index contributed by atoms with van der Waals surface area (Å²) in [5.41, 5.74) is 1.60. The number of anilines is 2. The minimum atomic E-state index is 0.337. The SMILES string of the molecule is Cc1cc(Cl)c(Nc2ccc(Cl)nn2)cc1Cl. The number of rotatable bonds is 2. The van der Waals surface area contributed by atoms with Gasteiger partial charge in [-0.15, -0.1) is 10.2 Å². The zero-order valence-corrected chi connectivity index (χ0v) is 11.1. The van der Waals surface area contributed by atoms with Crippen molar-refractivity contribution in [2.24, 2.45) is 0 Å². The van der Waals surface area contributed by atoms with Gasteiger partial charge in [-0.2, -0.15) is 0 Å². The number of aromatic nitrogens is 2. The maximum absolute atomic E-state index is 6.09. The summed E-state index contributed by atoms with van der Waals surface area (Å²) in [5, 5.41) is 12.2. The minimum absolute atomic E-state index is 0.337. The molecule has 2 rings (SSSR count). The predicted octanol–water partition coefficient (Wildman–Crippen LogP) is 4.49. The molecule has 0 atom stereocenters. The normalized spacial score (nSPS) is 10.4. The monoisotopic (exact) mass is 287 g/mol. The molecule has 3 nitrogen and oxygen atoms in total. The molecule has 1 N–H and O–H groups in total. The van der Waals surface area contributed by atoms with E-state index in [1.54, 1.807) is 24.3 Å². The number of halogens is 3. The Hall–Kier alpha value is -1.03. The number of nitrogens with zero attached hydrogens (tertiary/aromatic N) is 2. The van der Waals surface area contributed by atoms with Gasteiger partial charge in [0.05, 0.1) is 10.7 Å². The van der Waals surface area contributed by atoms with Crippen molar-refractivity contribution < 1.29 is 0 Å². The molecule has 0 aliphatic heterocycles. The lowest BCUT2D eigenvalue weighted by atomic mass is 10.2. The van der Waals surface area contributed by atoms with Crippen LogP contribution in [0.15, 0.2) is 24.3 Å². The van der Waals surface area contributed by atoms with E-state index in [0.717, 1.165) is 5.56 Å². The molecule has 0 saturated carbocycles. The van der Waals surface area contributed by atoms with Crippen LogP contribution in [0, 0.1) is 6.92 Å². The van der Waals surface area contributed by atoms with E-state index in [4.69, 9.17) is 34.8 Å². The zero-order chi connectivity index (χ0) is 12.4. The average molecular weight is 289 g/mol. The van der Waals surface area contributed by atoms with Gasteiger partial charge in [0.1, 0.15) is 0 Å². The Morgan fingerprint density at radius 3 is 2.41 bits per heavy atom. The quantitative estimate of drug-likeness (QED) is 0.885. The fourth-order valence-electron chi connectivity index (χ4n) is 1.26. The van der Waals surface area contributed by atoms with Gasteiger partial charge in [0.25, 0.3) is 0 Å². The first-order chi connectivity index (χ1) is 8.06. The number of aryl methyl sites for hydroxylation is 1. The van der Waals surface area contributed by atoms with Crippen molar-refractivity contribution in [3.8, 4) is 0 Å². The Morgan fingerprint density at radius 2 is 1.76 bits per heavy atom. The third-order valence-corrected chi connectivity index (χ3v) is 3.06. The molecule has 0 unspecified atom stereocenters. The fraction of sp³-hybridized carbons (Fsp3) is 0.0909. The zero-order valence-electron chi connectivity index (χ0n) is 8.84. The first-order valence-electron chi connectivity index (χ1n) is 4.78. The minimum Gasteiger partial charge on any atom is -0.337 e. The highest BCUT2D eigenvalue weighted by Gasteiger charge is 2.05. The maximum atomic E-state index is 6.09. The molecule has 0 aliphatic carbocycles. The molecule has 0 radical (unpaired) electrons. The van der Waals surface area contributed by atoms with E-state index >= 15 is 0 Å². The molecule has 2 aromatic rings. The van der Waals surface area contributed by atoms with Crippen LogP contribution < -0.4 is 5.32 Å².